The Labute approximate surface area is 239 Å². The number of thioether (sulfide) groups is 2. The molecule has 2 aromatic heterocycles. The fourth-order valence-electron chi connectivity index (χ4n) is 4.30. The lowest BCUT2D eigenvalue weighted by Crippen LogP contribution is -2.37. The van der Waals surface area contributed by atoms with Gasteiger partial charge < -0.3 is 14.8 Å². The predicted molar refractivity (Wildman–Crippen MR) is 152 cm³/mol. The Morgan fingerprint density at radius 2 is 2.10 bits per heavy atom. The van der Waals surface area contributed by atoms with Crippen LogP contribution in [0.2, 0.25) is 0 Å². The number of carbonyl (C=O) groups is 3. The summed E-state index contributed by atoms with van der Waals surface area (Å²) in [6.45, 7) is 1.56. The molecule has 1 aromatic carbocycles. The van der Waals surface area contributed by atoms with Gasteiger partial charge in [-0.1, -0.05) is 17.8 Å². The van der Waals surface area contributed by atoms with Gasteiger partial charge in [0.05, 0.1) is 30.4 Å². The minimum absolute atomic E-state index is 0.0617. The number of hydrogen-bond acceptors (Lipinski definition) is 10. The molecule has 0 radical (unpaired) electrons. The average Bonchev–Trinajstić information content (AvgIpc) is 3.70. The zero-order valence-corrected chi connectivity index (χ0v) is 23.5. The maximum atomic E-state index is 12.7. The molecule has 4 heterocycles. The van der Waals surface area contributed by atoms with Crippen molar-refractivity contribution < 1.29 is 23.9 Å². The molecule has 0 aliphatic carbocycles. The molecule has 2 aliphatic heterocycles. The Hall–Kier alpha value is -3.68. The van der Waals surface area contributed by atoms with Crippen molar-refractivity contribution in [3.63, 3.8) is 0 Å². The van der Waals surface area contributed by atoms with E-state index in [1.807, 2.05) is 28.8 Å². The maximum Gasteiger partial charge on any atom is 0.293 e. The van der Waals surface area contributed by atoms with Gasteiger partial charge in [-0.25, -0.2) is 0 Å². The van der Waals surface area contributed by atoms with Gasteiger partial charge in [-0.2, -0.15) is 0 Å². The van der Waals surface area contributed by atoms with Gasteiger partial charge in [0.2, 0.25) is 5.91 Å². The number of aromatic nitrogens is 4. The first kappa shape index (κ1) is 27.9. The molecule has 5 rings (SSSR count). The number of carbonyl (C=O) groups excluding carboxylic acids is 3. The van der Waals surface area contributed by atoms with Crippen molar-refractivity contribution in [3.05, 3.63) is 59.3 Å². The molecule has 0 spiro atoms. The van der Waals surface area contributed by atoms with Crippen molar-refractivity contribution in [3.8, 4) is 17.1 Å². The molecule has 40 heavy (non-hydrogen) atoms. The molecule has 208 valence electrons. The highest BCUT2D eigenvalue weighted by Gasteiger charge is 2.34. The summed E-state index contributed by atoms with van der Waals surface area (Å²) in [5, 5.41) is 11.8. The van der Waals surface area contributed by atoms with Gasteiger partial charge in [-0.05, 0) is 66.6 Å². The second-order valence-corrected chi connectivity index (χ2v) is 11.0. The van der Waals surface area contributed by atoms with Crippen LogP contribution < -0.4 is 10.1 Å². The third-order valence-corrected chi connectivity index (χ3v) is 8.20. The number of amides is 3. The molecule has 13 heteroatoms. The van der Waals surface area contributed by atoms with E-state index in [1.54, 1.807) is 37.7 Å². The van der Waals surface area contributed by atoms with Crippen molar-refractivity contribution in [2.45, 2.75) is 30.6 Å². The molecule has 3 amide bonds. The number of nitrogens with zero attached hydrogens (tertiary/aromatic N) is 5. The first-order valence-electron chi connectivity index (χ1n) is 12.8. The first-order valence-corrected chi connectivity index (χ1v) is 14.6. The molecule has 1 N–H and O–H groups in total. The van der Waals surface area contributed by atoms with E-state index < -0.39 is 0 Å². The van der Waals surface area contributed by atoms with Crippen LogP contribution in [0.5, 0.6) is 5.75 Å². The summed E-state index contributed by atoms with van der Waals surface area (Å²) in [5.74, 6) is 0.933. The molecule has 2 aliphatic rings. The SMILES string of the molecule is COc1ccc(-c2nnc(SCC(=O)NCCN3C(=O)S/C(=C/c4cccnc4)C3=O)n2CC2CCCO2)cc1. The number of nitrogens with one attached hydrogen (secondary N) is 1. The second-order valence-electron chi connectivity index (χ2n) is 9.04. The van der Waals surface area contributed by atoms with E-state index in [0.29, 0.717) is 22.4 Å². The van der Waals surface area contributed by atoms with Crippen LogP contribution in [0, 0.1) is 0 Å². The predicted octanol–water partition coefficient (Wildman–Crippen LogP) is 3.47. The molecule has 2 saturated heterocycles. The van der Waals surface area contributed by atoms with Gasteiger partial charge in [0.1, 0.15) is 5.75 Å². The number of hydrogen-bond donors (Lipinski definition) is 1. The minimum atomic E-state index is -0.379. The quantitative estimate of drug-likeness (QED) is 0.266. The molecule has 2 fully saturated rings. The molecule has 0 saturated carbocycles. The number of ether oxygens (including phenoxy) is 2. The van der Waals surface area contributed by atoms with Gasteiger partial charge in [0, 0.05) is 37.7 Å². The van der Waals surface area contributed by atoms with Crippen LogP contribution >= 0.6 is 23.5 Å². The lowest BCUT2D eigenvalue weighted by Gasteiger charge is -2.15. The zero-order chi connectivity index (χ0) is 27.9. The van der Waals surface area contributed by atoms with E-state index in [1.165, 1.54) is 11.8 Å². The van der Waals surface area contributed by atoms with E-state index in [9.17, 15) is 14.4 Å². The van der Waals surface area contributed by atoms with Crippen molar-refractivity contribution in [2.24, 2.45) is 0 Å². The third-order valence-electron chi connectivity index (χ3n) is 6.32. The smallest absolute Gasteiger partial charge is 0.293 e. The Bertz CT molecular complexity index is 1390. The van der Waals surface area contributed by atoms with Crippen molar-refractivity contribution in [1.29, 1.82) is 0 Å². The van der Waals surface area contributed by atoms with Crippen LogP contribution in [0.15, 0.2) is 58.9 Å². The Morgan fingerprint density at radius 3 is 2.83 bits per heavy atom. The van der Waals surface area contributed by atoms with Gasteiger partial charge in [-0.3, -0.25) is 28.8 Å². The van der Waals surface area contributed by atoms with Crippen molar-refractivity contribution >= 4 is 46.7 Å². The highest BCUT2D eigenvalue weighted by molar-refractivity contribution is 8.18. The van der Waals surface area contributed by atoms with Crippen LogP contribution in [0.1, 0.15) is 18.4 Å². The van der Waals surface area contributed by atoms with Crippen LogP contribution in [0.4, 0.5) is 4.79 Å². The zero-order valence-electron chi connectivity index (χ0n) is 21.8. The van der Waals surface area contributed by atoms with Crippen molar-refractivity contribution in [2.75, 3.05) is 32.6 Å². The number of rotatable bonds is 11. The fraction of sp³-hybridized carbons (Fsp3) is 0.333. The lowest BCUT2D eigenvalue weighted by atomic mass is 10.2. The summed E-state index contributed by atoms with van der Waals surface area (Å²) < 4.78 is 13.1. The summed E-state index contributed by atoms with van der Waals surface area (Å²) in [5.41, 5.74) is 1.62. The highest BCUT2D eigenvalue weighted by Crippen LogP contribution is 2.32. The number of pyridine rings is 1. The topological polar surface area (TPSA) is 129 Å². The van der Waals surface area contributed by atoms with Gasteiger partial charge in [0.15, 0.2) is 11.0 Å². The summed E-state index contributed by atoms with van der Waals surface area (Å²) in [4.78, 5) is 43.2. The highest BCUT2D eigenvalue weighted by atomic mass is 32.2. The van der Waals surface area contributed by atoms with Gasteiger partial charge in [-0.15, -0.1) is 10.2 Å². The summed E-state index contributed by atoms with van der Waals surface area (Å²) in [7, 11) is 1.62. The number of benzene rings is 1. The van der Waals surface area contributed by atoms with E-state index in [0.717, 1.165) is 53.0 Å². The largest absolute Gasteiger partial charge is 0.497 e. The van der Waals surface area contributed by atoms with Crippen molar-refractivity contribution in [1.82, 2.24) is 30.0 Å². The van der Waals surface area contributed by atoms with Crippen LogP contribution in [-0.2, 0) is 20.9 Å². The van der Waals surface area contributed by atoms with E-state index in [-0.39, 0.29) is 42.0 Å². The lowest BCUT2D eigenvalue weighted by molar-refractivity contribution is -0.123. The van der Waals surface area contributed by atoms with E-state index in [4.69, 9.17) is 9.47 Å². The van der Waals surface area contributed by atoms with Crippen LogP contribution in [0.3, 0.4) is 0 Å². The Balaban J connectivity index is 1.17. The van der Waals surface area contributed by atoms with Crippen LogP contribution in [-0.4, -0.2) is 80.4 Å². The third kappa shape index (κ3) is 6.72. The summed E-state index contributed by atoms with van der Waals surface area (Å²) >= 11 is 2.16. The van der Waals surface area contributed by atoms with Gasteiger partial charge in [0.25, 0.3) is 11.1 Å². The second kappa shape index (κ2) is 13.1. The Morgan fingerprint density at radius 1 is 1.25 bits per heavy atom. The average molecular weight is 581 g/mol. The van der Waals surface area contributed by atoms with Gasteiger partial charge >= 0.3 is 0 Å². The first-order chi connectivity index (χ1) is 19.5. The summed E-state index contributed by atoms with van der Waals surface area (Å²) in [6, 6.07) is 11.1. The Kier molecular flexibility index (Phi) is 9.14. The molecule has 1 atom stereocenters. The molecule has 11 nitrogen and oxygen atoms in total. The number of methoxy groups -OCH3 is 1. The number of imide groups is 1. The summed E-state index contributed by atoms with van der Waals surface area (Å²) in [6.07, 6.45) is 6.92. The molecule has 1 unspecified atom stereocenters. The fourth-order valence-corrected chi connectivity index (χ4v) is 5.94. The monoisotopic (exact) mass is 580 g/mol. The maximum absolute atomic E-state index is 12.7. The molecule has 0 bridgehead atoms. The van der Waals surface area contributed by atoms with E-state index in [2.05, 4.69) is 20.5 Å². The molecule has 3 aromatic rings. The molecular weight excluding hydrogens is 552 g/mol. The standard InChI is InChI=1S/C27H28N6O5S2/c1-37-20-8-6-19(7-9-20)24-30-31-26(33(24)16-21-5-3-13-38-21)39-17-23(34)29-11-12-32-25(35)22(40-27(32)36)14-18-4-2-10-28-15-18/h2,4,6-10,14-15,21H,3,5,11-13,16-17H2,1H3,(H,29,34)/b22-14+. The molecular formula is C27H28N6O5S2. The van der Waals surface area contributed by atoms with Crippen LogP contribution in [0.25, 0.3) is 17.5 Å². The minimum Gasteiger partial charge on any atom is -0.497 e. The normalized spacial score (nSPS) is 18.1. The van der Waals surface area contributed by atoms with E-state index >= 15 is 0 Å².